The Morgan fingerprint density at radius 3 is 2.53 bits per heavy atom. The summed E-state index contributed by atoms with van der Waals surface area (Å²) < 4.78 is 34.7. The number of alkyl halides is 2. The average Bonchev–Trinajstić information content (AvgIpc) is 2.71. The molecule has 1 aliphatic carbocycles. The summed E-state index contributed by atoms with van der Waals surface area (Å²) in [5, 5.41) is 0. The average molecular weight is 269 g/mol. The first-order chi connectivity index (χ1) is 9.05. The molecule has 3 nitrogen and oxygen atoms in total. The molecule has 0 spiro atoms. The van der Waals surface area contributed by atoms with Gasteiger partial charge in [-0.1, -0.05) is 25.3 Å². The number of ether oxygens (including phenoxy) is 2. The van der Waals surface area contributed by atoms with Crippen molar-refractivity contribution in [2.45, 2.75) is 44.4 Å². The van der Waals surface area contributed by atoms with E-state index in [1.165, 1.54) is 25.3 Å². The van der Waals surface area contributed by atoms with Gasteiger partial charge in [0.25, 0.3) is 0 Å². The molecule has 0 saturated heterocycles. The highest BCUT2D eigenvalue weighted by atomic mass is 19.3. The number of halogens is 2. The van der Waals surface area contributed by atoms with E-state index in [1.54, 1.807) is 12.1 Å². The third kappa shape index (κ3) is 2.52. The van der Waals surface area contributed by atoms with Crippen LogP contribution in [0.25, 0.3) is 0 Å². The Morgan fingerprint density at radius 1 is 1.11 bits per heavy atom. The number of fused-ring (bicyclic) bond motifs is 1. The van der Waals surface area contributed by atoms with Crippen molar-refractivity contribution >= 4 is 0 Å². The van der Waals surface area contributed by atoms with Crippen molar-refractivity contribution in [2.24, 2.45) is 11.7 Å². The van der Waals surface area contributed by atoms with Gasteiger partial charge in [-0.25, -0.2) is 0 Å². The summed E-state index contributed by atoms with van der Waals surface area (Å²) in [5.74, 6) is 0.577. The van der Waals surface area contributed by atoms with E-state index in [2.05, 4.69) is 9.47 Å². The summed E-state index contributed by atoms with van der Waals surface area (Å²) in [6, 6.07) is 4.72. The minimum absolute atomic E-state index is 0.0737. The van der Waals surface area contributed by atoms with Gasteiger partial charge < -0.3 is 15.2 Å². The fraction of sp³-hybridized carbons (Fsp3) is 0.571. The molecule has 2 N–H and O–H groups in total. The highest BCUT2D eigenvalue weighted by Crippen LogP contribution is 2.43. The van der Waals surface area contributed by atoms with Gasteiger partial charge in [0.05, 0.1) is 0 Å². The zero-order valence-electron chi connectivity index (χ0n) is 10.6. The number of benzene rings is 1. The minimum atomic E-state index is -3.56. The second-order valence-corrected chi connectivity index (χ2v) is 5.30. The first kappa shape index (κ1) is 12.7. The zero-order chi connectivity index (χ0) is 13.5. The molecule has 1 aromatic rings. The molecule has 0 radical (unpaired) electrons. The summed E-state index contributed by atoms with van der Waals surface area (Å²) in [6.07, 6.45) is 2.30. The summed E-state index contributed by atoms with van der Waals surface area (Å²) >= 11 is 0. The highest BCUT2D eigenvalue weighted by Gasteiger charge is 2.43. The van der Waals surface area contributed by atoms with Gasteiger partial charge in [0, 0.05) is 6.04 Å². The van der Waals surface area contributed by atoms with Crippen molar-refractivity contribution in [1.82, 2.24) is 0 Å². The molecule has 1 heterocycles. The molecule has 1 fully saturated rings. The summed E-state index contributed by atoms with van der Waals surface area (Å²) in [6.45, 7) is 0. The number of hydrogen-bond donors (Lipinski definition) is 1. The summed E-state index contributed by atoms with van der Waals surface area (Å²) in [4.78, 5) is 0. The van der Waals surface area contributed by atoms with E-state index in [1.807, 2.05) is 0 Å². The van der Waals surface area contributed by atoms with Crippen LogP contribution in [-0.4, -0.2) is 6.29 Å². The van der Waals surface area contributed by atoms with Gasteiger partial charge in [0.15, 0.2) is 11.5 Å². The van der Waals surface area contributed by atoms with Gasteiger partial charge >= 0.3 is 6.29 Å². The fourth-order valence-corrected chi connectivity index (χ4v) is 2.94. The first-order valence-electron chi connectivity index (χ1n) is 6.70. The van der Waals surface area contributed by atoms with Crippen LogP contribution in [0.2, 0.25) is 0 Å². The Morgan fingerprint density at radius 2 is 1.79 bits per heavy atom. The zero-order valence-corrected chi connectivity index (χ0v) is 10.6. The van der Waals surface area contributed by atoms with Crippen molar-refractivity contribution in [1.29, 1.82) is 0 Å². The van der Waals surface area contributed by atoms with Gasteiger partial charge in [-0.05, 0) is 36.5 Å². The van der Waals surface area contributed by atoms with Crippen molar-refractivity contribution < 1.29 is 18.3 Å². The standard InChI is InChI=1S/C14H17F2NO2/c15-14(16)18-11-7-6-10(8-12(11)19-14)13(17)9-4-2-1-3-5-9/h6-9,13H,1-5,17H2/t13-/m0/s1. The summed E-state index contributed by atoms with van der Waals surface area (Å²) in [5.41, 5.74) is 7.09. The predicted molar refractivity (Wildman–Crippen MR) is 66.1 cm³/mol. The molecule has 104 valence electrons. The lowest BCUT2D eigenvalue weighted by Crippen LogP contribution is -2.26. The third-order valence-corrected chi connectivity index (χ3v) is 3.97. The topological polar surface area (TPSA) is 44.5 Å². The maximum atomic E-state index is 12.9. The monoisotopic (exact) mass is 269 g/mol. The van der Waals surface area contributed by atoms with Gasteiger partial charge in [-0.2, -0.15) is 0 Å². The normalized spacial score (nSPS) is 23.3. The molecule has 3 rings (SSSR count). The molecule has 19 heavy (non-hydrogen) atoms. The lowest BCUT2D eigenvalue weighted by atomic mass is 9.81. The molecule has 5 heteroatoms. The van der Waals surface area contributed by atoms with E-state index in [0.29, 0.717) is 5.92 Å². The maximum absolute atomic E-state index is 12.9. The molecular weight excluding hydrogens is 252 g/mol. The molecule has 1 aromatic carbocycles. The van der Waals surface area contributed by atoms with Gasteiger partial charge in [0.1, 0.15) is 0 Å². The molecule has 0 amide bonds. The van der Waals surface area contributed by atoms with E-state index in [9.17, 15) is 8.78 Å². The molecule has 0 unspecified atom stereocenters. The Bertz CT molecular complexity index is 473. The van der Waals surface area contributed by atoms with Crippen LogP contribution in [0.15, 0.2) is 18.2 Å². The van der Waals surface area contributed by atoms with Crippen LogP contribution in [0.5, 0.6) is 11.5 Å². The molecule has 1 atom stereocenters. The first-order valence-corrected chi connectivity index (χ1v) is 6.70. The Hall–Kier alpha value is -1.36. The SMILES string of the molecule is N[C@H](c1ccc2c(c1)OC(F)(F)O2)C1CCCCC1. The van der Waals surface area contributed by atoms with Crippen molar-refractivity contribution in [3.8, 4) is 11.5 Å². The van der Waals surface area contributed by atoms with E-state index < -0.39 is 6.29 Å². The lowest BCUT2D eigenvalue weighted by molar-refractivity contribution is -0.286. The summed E-state index contributed by atoms with van der Waals surface area (Å²) in [7, 11) is 0. The second-order valence-electron chi connectivity index (χ2n) is 5.30. The van der Waals surface area contributed by atoms with Crippen molar-refractivity contribution in [2.75, 3.05) is 0 Å². The van der Waals surface area contributed by atoms with Crippen LogP contribution in [0.3, 0.4) is 0 Å². The van der Waals surface area contributed by atoms with Gasteiger partial charge in [-0.3, -0.25) is 0 Å². The maximum Gasteiger partial charge on any atom is 0.586 e. The van der Waals surface area contributed by atoms with Gasteiger partial charge in [0.2, 0.25) is 0 Å². The predicted octanol–water partition coefficient (Wildman–Crippen LogP) is 3.59. The van der Waals surface area contributed by atoms with Crippen LogP contribution in [0, 0.1) is 5.92 Å². The van der Waals surface area contributed by atoms with Crippen molar-refractivity contribution in [3.63, 3.8) is 0 Å². The molecule has 0 bridgehead atoms. The molecule has 0 aromatic heterocycles. The number of hydrogen-bond acceptors (Lipinski definition) is 3. The van der Waals surface area contributed by atoms with Crippen LogP contribution in [0.1, 0.15) is 43.7 Å². The molecule has 1 saturated carbocycles. The van der Waals surface area contributed by atoms with Crippen LogP contribution in [0.4, 0.5) is 8.78 Å². The smallest absolute Gasteiger partial charge is 0.395 e. The van der Waals surface area contributed by atoms with Crippen LogP contribution < -0.4 is 15.2 Å². The third-order valence-electron chi connectivity index (χ3n) is 3.97. The molecule has 2 aliphatic rings. The minimum Gasteiger partial charge on any atom is -0.395 e. The highest BCUT2D eigenvalue weighted by molar-refractivity contribution is 5.46. The van der Waals surface area contributed by atoms with Crippen molar-refractivity contribution in [3.05, 3.63) is 23.8 Å². The molecule has 1 aliphatic heterocycles. The van der Waals surface area contributed by atoms with E-state index in [-0.39, 0.29) is 17.5 Å². The van der Waals surface area contributed by atoms with E-state index >= 15 is 0 Å². The van der Waals surface area contributed by atoms with Crippen LogP contribution in [-0.2, 0) is 0 Å². The van der Waals surface area contributed by atoms with E-state index in [0.717, 1.165) is 18.4 Å². The largest absolute Gasteiger partial charge is 0.586 e. The van der Waals surface area contributed by atoms with Gasteiger partial charge in [-0.15, -0.1) is 8.78 Å². The Kier molecular flexibility index (Phi) is 3.09. The second kappa shape index (κ2) is 4.63. The molecular formula is C14H17F2NO2. The Labute approximate surface area is 110 Å². The Balaban J connectivity index is 1.79. The fourth-order valence-electron chi connectivity index (χ4n) is 2.94. The van der Waals surface area contributed by atoms with E-state index in [4.69, 9.17) is 5.73 Å². The number of rotatable bonds is 2. The number of nitrogens with two attached hydrogens (primary N) is 1. The lowest BCUT2D eigenvalue weighted by Gasteiger charge is -2.27. The quantitative estimate of drug-likeness (QED) is 0.892. The van der Waals surface area contributed by atoms with Crippen LogP contribution >= 0.6 is 0 Å².